The van der Waals surface area contributed by atoms with Crippen LogP contribution in [0.1, 0.15) is 31.2 Å². The minimum atomic E-state index is -0.191. The van der Waals surface area contributed by atoms with Crippen LogP contribution in [-0.2, 0) is 16.0 Å². The molecule has 3 heterocycles. The molecule has 0 saturated carbocycles. The van der Waals surface area contributed by atoms with Crippen molar-refractivity contribution >= 4 is 16.8 Å². The second-order valence-corrected chi connectivity index (χ2v) is 6.39. The monoisotopic (exact) mass is 298 g/mol. The highest BCUT2D eigenvalue weighted by Gasteiger charge is 2.35. The van der Waals surface area contributed by atoms with E-state index in [4.69, 9.17) is 4.74 Å². The first kappa shape index (κ1) is 13.8. The molecule has 0 spiro atoms. The lowest BCUT2D eigenvalue weighted by atomic mass is 10.0. The van der Waals surface area contributed by atoms with Crippen molar-refractivity contribution in [1.82, 2.24) is 9.88 Å². The second kappa shape index (κ2) is 5.76. The van der Waals surface area contributed by atoms with Crippen LogP contribution in [0.3, 0.4) is 0 Å². The molecule has 0 bridgehead atoms. The van der Waals surface area contributed by atoms with Gasteiger partial charge in [0.05, 0.1) is 0 Å². The molecule has 2 saturated heterocycles. The number of aromatic nitrogens is 1. The van der Waals surface area contributed by atoms with Gasteiger partial charge in [-0.2, -0.15) is 0 Å². The molecule has 2 atom stereocenters. The molecule has 1 aromatic heterocycles. The predicted molar refractivity (Wildman–Crippen MR) is 85.7 cm³/mol. The first-order valence-corrected chi connectivity index (χ1v) is 8.30. The van der Waals surface area contributed by atoms with E-state index in [1.807, 2.05) is 6.07 Å². The van der Waals surface area contributed by atoms with Crippen molar-refractivity contribution in [2.75, 3.05) is 13.2 Å². The molecule has 2 fully saturated rings. The number of nitrogens with one attached hydrogen (secondary N) is 1. The zero-order valence-corrected chi connectivity index (χ0v) is 12.8. The Labute approximate surface area is 130 Å². The average molecular weight is 298 g/mol. The number of carbonyl (C=O) groups is 1. The van der Waals surface area contributed by atoms with Crippen molar-refractivity contribution in [3.63, 3.8) is 0 Å². The van der Waals surface area contributed by atoms with Gasteiger partial charge in [0.1, 0.15) is 6.10 Å². The van der Waals surface area contributed by atoms with Crippen LogP contribution >= 0.6 is 0 Å². The maximum absolute atomic E-state index is 12.6. The van der Waals surface area contributed by atoms with Crippen LogP contribution in [0.15, 0.2) is 30.5 Å². The third kappa shape index (κ3) is 2.41. The lowest BCUT2D eigenvalue weighted by Gasteiger charge is -2.27. The summed E-state index contributed by atoms with van der Waals surface area (Å²) < 4.78 is 5.58. The Bertz CT molecular complexity index is 673. The Balaban J connectivity index is 1.52. The number of carbonyl (C=O) groups excluding carboxylic acids is 1. The number of ether oxygens (including phenoxy) is 1. The fourth-order valence-corrected chi connectivity index (χ4v) is 3.85. The van der Waals surface area contributed by atoms with Crippen molar-refractivity contribution in [2.24, 2.45) is 0 Å². The summed E-state index contributed by atoms with van der Waals surface area (Å²) in [5.74, 6) is 0.208. The third-order valence-electron chi connectivity index (χ3n) is 5.00. The molecule has 116 valence electrons. The molecule has 2 aromatic rings. The second-order valence-electron chi connectivity index (χ2n) is 6.39. The van der Waals surface area contributed by atoms with Crippen molar-refractivity contribution in [1.29, 1.82) is 0 Å². The molecule has 1 N–H and O–H groups in total. The summed E-state index contributed by atoms with van der Waals surface area (Å²) in [5, 5.41) is 1.28. The zero-order chi connectivity index (χ0) is 14.9. The average Bonchev–Trinajstić information content (AvgIpc) is 3.28. The first-order chi connectivity index (χ1) is 10.8. The molecule has 2 aliphatic rings. The van der Waals surface area contributed by atoms with Gasteiger partial charge in [-0.25, -0.2) is 0 Å². The highest BCUT2D eigenvalue weighted by atomic mass is 16.5. The Kier molecular flexibility index (Phi) is 3.62. The molecule has 0 radical (unpaired) electrons. The van der Waals surface area contributed by atoms with Crippen LogP contribution in [0.4, 0.5) is 0 Å². The van der Waals surface area contributed by atoms with E-state index < -0.39 is 0 Å². The van der Waals surface area contributed by atoms with Crippen LogP contribution in [0, 0.1) is 0 Å². The van der Waals surface area contributed by atoms with Crippen molar-refractivity contribution in [2.45, 2.75) is 44.2 Å². The molecule has 1 aromatic carbocycles. The van der Waals surface area contributed by atoms with Crippen LogP contribution in [0.5, 0.6) is 0 Å². The molecule has 4 rings (SSSR count). The smallest absolute Gasteiger partial charge is 0.251 e. The van der Waals surface area contributed by atoms with Gasteiger partial charge in [-0.3, -0.25) is 4.79 Å². The van der Waals surface area contributed by atoms with Crippen LogP contribution in [0.25, 0.3) is 10.9 Å². The molecular weight excluding hydrogens is 276 g/mol. The van der Waals surface area contributed by atoms with E-state index in [1.165, 1.54) is 16.5 Å². The van der Waals surface area contributed by atoms with Crippen molar-refractivity contribution < 1.29 is 9.53 Å². The van der Waals surface area contributed by atoms with Gasteiger partial charge in [0.2, 0.25) is 0 Å². The molecular formula is C18H22N2O2. The maximum atomic E-state index is 12.6. The van der Waals surface area contributed by atoms with E-state index in [0.29, 0.717) is 6.04 Å². The predicted octanol–water partition coefficient (Wildman–Crippen LogP) is 2.88. The fourth-order valence-electron chi connectivity index (χ4n) is 3.85. The Morgan fingerprint density at radius 2 is 2.18 bits per heavy atom. The van der Waals surface area contributed by atoms with Crippen LogP contribution in [-0.4, -0.2) is 41.1 Å². The first-order valence-electron chi connectivity index (χ1n) is 8.30. The standard InChI is InChI=1S/C18H22N2O2/c21-18(17-8-4-10-22-17)20-9-3-5-14(20)11-13-12-19-16-7-2-1-6-15(13)16/h1-2,6-7,12,14,17,19H,3-5,8-11H2. The Morgan fingerprint density at radius 1 is 1.27 bits per heavy atom. The van der Waals surface area contributed by atoms with E-state index in [9.17, 15) is 4.79 Å². The number of benzene rings is 1. The van der Waals surface area contributed by atoms with E-state index in [-0.39, 0.29) is 12.0 Å². The minimum absolute atomic E-state index is 0.191. The number of nitrogens with zero attached hydrogens (tertiary/aromatic N) is 1. The summed E-state index contributed by atoms with van der Waals surface area (Å²) in [7, 11) is 0. The normalized spacial score (nSPS) is 25.2. The largest absolute Gasteiger partial charge is 0.368 e. The molecule has 2 unspecified atom stereocenters. The summed E-state index contributed by atoms with van der Waals surface area (Å²) in [6.45, 7) is 1.61. The summed E-state index contributed by atoms with van der Waals surface area (Å²) in [6.07, 6.45) is 6.93. The lowest BCUT2D eigenvalue weighted by molar-refractivity contribution is -0.141. The van der Waals surface area contributed by atoms with Gasteiger partial charge in [-0.05, 0) is 43.7 Å². The van der Waals surface area contributed by atoms with Gasteiger partial charge < -0.3 is 14.6 Å². The maximum Gasteiger partial charge on any atom is 0.251 e. The Hall–Kier alpha value is -1.81. The van der Waals surface area contributed by atoms with Crippen molar-refractivity contribution in [3.05, 3.63) is 36.0 Å². The van der Waals surface area contributed by atoms with E-state index in [1.54, 1.807) is 0 Å². The van der Waals surface area contributed by atoms with Gasteiger partial charge >= 0.3 is 0 Å². The molecule has 22 heavy (non-hydrogen) atoms. The Morgan fingerprint density at radius 3 is 3.05 bits per heavy atom. The van der Waals surface area contributed by atoms with Gasteiger partial charge in [0.25, 0.3) is 5.91 Å². The number of H-pyrrole nitrogens is 1. The zero-order valence-electron chi connectivity index (χ0n) is 12.8. The molecule has 2 aliphatic heterocycles. The highest BCUT2D eigenvalue weighted by molar-refractivity contribution is 5.84. The molecule has 0 aliphatic carbocycles. The summed E-state index contributed by atoms with van der Waals surface area (Å²) in [5.41, 5.74) is 2.49. The highest BCUT2D eigenvalue weighted by Crippen LogP contribution is 2.27. The number of amides is 1. The molecule has 1 amide bonds. The van der Waals surface area contributed by atoms with Gasteiger partial charge in [0, 0.05) is 36.3 Å². The quantitative estimate of drug-likeness (QED) is 0.947. The fraction of sp³-hybridized carbons (Fsp3) is 0.500. The number of likely N-dealkylation sites (tertiary alicyclic amines) is 1. The summed E-state index contributed by atoms with van der Waals surface area (Å²) in [4.78, 5) is 18.0. The topological polar surface area (TPSA) is 45.3 Å². The number of aromatic amines is 1. The van der Waals surface area contributed by atoms with Gasteiger partial charge in [-0.15, -0.1) is 0 Å². The number of hydrogen-bond acceptors (Lipinski definition) is 2. The van der Waals surface area contributed by atoms with Crippen LogP contribution in [0.2, 0.25) is 0 Å². The SMILES string of the molecule is O=C(C1CCCO1)N1CCCC1Cc1c[nH]c2ccccc12. The van der Waals surface area contributed by atoms with Gasteiger partial charge in [0.15, 0.2) is 0 Å². The molecule has 4 nitrogen and oxygen atoms in total. The van der Waals surface area contributed by atoms with Gasteiger partial charge in [-0.1, -0.05) is 18.2 Å². The van der Waals surface area contributed by atoms with Crippen LogP contribution < -0.4 is 0 Å². The number of rotatable bonds is 3. The third-order valence-corrected chi connectivity index (χ3v) is 5.00. The lowest BCUT2D eigenvalue weighted by Crippen LogP contribution is -2.42. The van der Waals surface area contributed by atoms with E-state index in [0.717, 1.165) is 45.3 Å². The van der Waals surface area contributed by atoms with E-state index >= 15 is 0 Å². The number of para-hydroxylation sites is 1. The minimum Gasteiger partial charge on any atom is -0.368 e. The summed E-state index contributed by atoms with van der Waals surface area (Å²) in [6, 6.07) is 8.69. The molecule has 4 heteroatoms. The number of fused-ring (bicyclic) bond motifs is 1. The number of hydrogen-bond donors (Lipinski definition) is 1. The van der Waals surface area contributed by atoms with E-state index in [2.05, 4.69) is 34.3 Å². The summed E-state index contributed by atoms with van der Waals surface area (Å²) >= 11 is 0. The van der Waals surface area contributed by atoms with Crippen molar-refractivity contribution in [3.8, 4) is 0 Å².